The Labute approximate surface area is 162 Å². The van der Waals surface area contributed by atoms with Gasteiger partial charge in [-0.25, -0.2) is 5.43 Å². The number of carbonyl (C=O) groups is 1. The van der Waals surface area contributed by atoms with Crippen LogP contribution in [0.1, 0.15) is 22.7 Å². The predicted molar refractivity (Wildman–Crippen MR) is 104 cm³/mol. The summed E-state index contributed by atoms with van der Waals surface area (Å²) < 4.78 is 12.9. The van der Waals surface area contributed by atoms with E-state index in [-0.39, 0.29) is 12.5 Å². The number of ether oxygens (including phenoxy) is 1. The molecule has 0 radical (unpaired) electrons. The molecular weight excluding hydrogens is 366 g/mol. The summed E-state index contributed by atoms with van der Waals surface area (Å²) in [6.45, 7) is 4.50. The number of hydrogen-bond acceptors (Lipinski definition) is 4. The molecule has 0 fully saturated rings. The molecule has 2 aromatic heterocycles. The summed E-state index contributed by atoms with van der Waals surface area (Å²) >= 11 is 5.98. The van der Waals surface area contributed by atoms with Crippen molar-refractivity contribution in [3.8, 4) is 5.75 Å². The monoisotopic (exact) mass is 385 g/mol. The zero-order valence-electron chi connectivity index (χ0n) is 15.1. The number of hydrogen-bond donors (Lipinski definition) is 1. The van der Waals surface area contributed by atoms with Gasteiger partial charge in [-0.1, -0.05) is 23.7 Å². The standard InChI is InChI=1S/C20H20ClN3O3/c1-14-10-16(15(2)24(14)12-17-6-5-9-26-17)11-22-23-20(25)13-27-19-8-4-3-7-18(19)21/h3-11H,12-13H2,1-2H3,(H,23,25)/b22-11-. The lowest BCUT2D eigenvalue weighted by Gasteiger charge is -2.07. The Morgan fingerprint density at radius 1 is 1.30 bits per heavy atom. The molecule has 140 valence electrons. The number of furan rings is 1. The van der Waals surface area contributed by atoms with Crippen LogP contribution in [0.2, 0.25) is 5.02 Å². The van der Waals surface area contributed by atoms with Crippen LogP contribution >= 0.6 is 11.6 Å². The molecule has 0 saturated heterocycles. The molecule has 0 aliphatic heterocycles. The number of carbonyl (C=O) groups excluding carboxylic acids is 1. The van der Waals surface area contributed by atoms with Crippen LogP contribution in [0.4, 0.5) is 0 Å². The number of halogens is 1. The number of hydrazone groups is 1. The average Bonchev–Trinajstić information content (AvgIpc) is 3.25. The molecule has 2 heterocycles. The van der Waals surface area contributed by atoms with Crippen molar-refractivity contribution in [3.63, 3.8) is 0 Å². The second-order valence-corrected chi connectivity index (χ2v) is 6.41. The van der Waals surface area contributed by atoms with Gasteiger partial charge in [0, 0.05) is 17.0 Å². The van der Waals surface area contributed by atoms with E-state index in [1.165, 1.54) is 0 Å². The first-order chi connectivity index (χ1) is 13.0. The van der Waals surface area contributed by atoms with E-state index in [1.807, 2.05) is 32.0 Å². The average molecular weight is 386 g/mol. The fourth-order valence-electron chi connectivity index (χ4n) is 2.67. The first-order valence-corrected chi connectivity index (χ1v) is 8.80. The van der Waals surface area contributed by atoms with Gasteiger partial charge in [-0.3, -0.25) is 4.79 Å². The number of nitrogens with one attached hydrogen (secondary N) is 1. The highest BCUT2D eigenvalue weighted by Crippen LogP contribution is 2.22. The molecule has 1 N–H and O–H groups in total. The summed E-state index contributed by atoms with van der Waals surface area (Å²) in [7, 11) is 0. The molecule has 0 saturated carbocycles. The topological polar surface area (TPSA) is 68.8 Å². The third kappa shape index (κ3) is 4.80. The van der Waals surface area contributed by atoms with Crippen LogP contribution in [0.3, 0.4) is 0 Å². The molecular formula is C20H20ClN3O3. The van der Waals surface area contributed by atoms with Crippen molar-refractivity contribution < 1.29 is 13.9 Å². The predicted octanol–water partition coefficient (Wildman–Crippen LogP) is 3.93. The largest absolute Gasteiger partial charge is 0.482 e. The maximum atomic E-state index is 11.9. The van der Waals surface area contributed by atoms with Gasteiger partial charge >= 0.3 is 0 Å². The number of amides is 1. The van der Waals surface area contributed by atoms with Crippen LogP contribution in [0, 0.1) is 13.8 Å². The summed E-state index contributed by atoms with van der Waals surface area (Å²) in [6.07, 6.45) is 3.28. The second-order valence-electron chi connectivity index (χ2n) is 6.00. The molecule has 0 bridgehead atoms. The Kier molecular flexibility index (Phi) is 5.98. The molecule has 6 nitrogen and oxygen atoms in total. The van der Waals surface area contributed by atoms with Crippen LogP contribution in [-0.4, -0.2) is 23.3 Å². The SMILES string of the molecule is Cc1cc(/C=N\NC(=O)COc2ccccc2Cl)c(C)n1Cc1ccco1. The van der Waals surface area contributed by atoms with Crippen LogP contribution in [0.25, 0.3) is 0 Å². The number of nitrogens with zero attached hydrogens (tertiary/aromatic N) is 2. The van der Waals surface area contributed by atoms with Crippen LogP contribution < -0.4 is 10.2 Å². The third-order valence-corrected chi connectivity index (χ3v) is 4.41. The minimum absolute atomic E-state index is 0.168. The maximum absolute atomic E-state index is 11.9. The molecule has 3 aromatic rings. The molecule has 7 heteroatoms. The molecule has 3 rings (SSSR count). The van der Waals surface area contributed by atoms with Gasteiger partial charge in [0.1, 0.15) is 11.5 Å². The van der Waals surface area contributed by atoms with Gasteiger partial charge in [0.2, 0.25) is 0 Å². The molecule has 0 aliphatic rings. The van der Waals surface area contributed by atoms with E-state index in [0.717, 1.165) is 22.7 Å². The highest BCUT2D eigenvalue weighted by Gasteiger charge is 2.09. The van der Waals surface area contributed by atoms with Gasteiger partial charge in [-0.2, -0.15) is 5.10 Å². The van der Waals surface area contributed by atoms with Crippen molar-refractivity contribution in [3.05, 3.63) is 76.5 Å². The van der Waals surface area contributed by atoms with E-state index < -0.39 is 0 Å². The third-order valence-electron chi connectivity index (χ3n) is 4.10. The number of rotatable bonds is 7. The number of para-hydroxylation sites is 1. The Morgan fingerprint density at radius 2 is 2.11 bits per heavy atom. The van der Waals surface area contributed by atoms with Gasteiger partial charge in [0.05, 0.1) is 24.0 Å². The van der Waals surface area contributed by atoms with Crippen molar-refractivity contribution in [1.82, 2.24) is 9.99 Å². The van der Waals surface area contributed by atoms with Crippen molar-refractivity contribution in [2.75, 3.05) is 6.61 Å². The summed E-state index contributed by atoms with van der Waals surface area (Å²) in [5.41, 5.74) is 5.50. The highest BCUT2D eigenvalue weighted by molar-refractivity contribution is 6.32. The molecule has 0 unspecified atom stereocenters. The first-order valence-electron chi connectivity index (χ1n) is 8.43. The summed E-state index contributed by atoms with van der Waals surface area (Å²) in [5, 5.41) is 4.47. The minimum atomic E-state index is -0.365. The van der Waals surface area contributed by atoms with Gasteiger partial charge in [0.25, 0.3) is 5.91 Å². The van der Waals surface area contributed by atoms with Crippen molar-refractivity contribution in [1.29, 1.82) is 0 Å². The Morgan fingerprint density at radius 3 is 2.85 bits per heavy atom. The highest BCUT2D eigenvalue weighted by atomic mass is 35.5. The Bertz CT molecular complexity index is 946. The maximum Gasteiger partial charge on any atom is 0.277 e. The van der Waals surface area contributed by atoms with Crippen molar-refractivity contribution in [2.45, 2.75) is 20.4 Å². The van der Waals surface area contributed by atoms with Crippen LogP contribution in [0.15, 0.2) is 58.2 Å². The lowest BCUT2D eigenvalue weighted by atomic mass is 10.3. The lowest BCUT2D eigenvalue weighted by molar-refractivity contribution is -0.123. The van der Waals surface area contributed by atoms with Crippen LogP contribution in [-0.2, 0) is 11.3 Å². The second kappa shape index (κ2) is 8.60. The fraction of sp³-hybridized carbons (Fsp3) is 0.200. The molecule has 1 amide bonds. The van der Waals surface area contributed by atoms with Gasteiger partial charge in [-0.05, 0) is 44.2 Å². The van der Waals surface area contributed by atoms with Crippen molar-refractivity contribution >= 4 is 23.7 Å². The lowest BCUT2D eigenvalue weighted by Crippen LogP contribution is -2.24. The Hall–Kier alpha value is -2.99. The van der Waals surface area contributed by atoms with Gasteiger partial charge < -0.3 is 13.7 Å². The van der Waals surface area contributed by atoms with Gasteiger partial charge in [0.15, 0.2) is 6.61 Å². The normalized spacial score (nSPS) is 11.1. The zero-order valence-corrected chi connectivity index (χ0v) is 15.9. The summed E-state index contributed by atoms with van der Waals surface area (Å²) in [5.74, 6) is 0.973. The molecule has 1 aromatic carbocycles. The number of aryl methyl sites for hydroxylation is 1. The fourth-order valence-corrected chi connectivity index (χ4v) is 2.86. The Balaban J connectivity index is 1.56. The number of benzene rings is 1. The summed E-state index contributed by atoms with van der Waals surface area (Å²) in [4.78, 5) is 11.9. The quantitative estimate of drug-likeness (QED) is 0.495. The first kappa shape index (κ1) is 18.8. The minimum Gasteiger partial charge on any atom is -0.482 e. The van der Waals surface area contributed by atoms with E-state index >= 15 is 0 Å². The number of aromatic nitrogens is 1. The van der Waals surface area contributed by atoms with E-state index in [1.54, 1.807) is 36.7 Å². The molecule has 27 heavy (non-hydrogen) atoms. The van der Waals surface area contributed by atoms with Gasteiger partial charge in [-0.15, -0.1) is 0 Å². The van der Waals surface area contributed by atoms with E-state index in [0.29, 0.717) is 17.3 Å². The van der Waals surface area contributed by atoms with Crippen molar-refractivity contribution in [2.24, 2.45) is 5.10 Å². The summed E-state index contributed by atoms with van der Waals surface area (Å²) in [6, 6.07) is 12.8. The smallest absolute Gasteiger partial charge is 0.277 e. The molecule has 0 spiro atoms. The van der Waals surface area contributed by atoms with Crippen LogP contribution in [0.5, 0.6) is 5.75 Å². The van der Waals surface area contributed by atoms with E-state index in [4.69, 9.17) is 20.8 Å². The molecule has 0 aliphatic carbocycles. The van der Waals surface area contributed by atoms with E-state index in [2.05, 4.69) is 15.1 Å². The zero-order chi connectivity index (χ0) is 19.2. The molecule has 0 atom stereocenters. The van der Waals surface area contributed by atoms with E-state index in [9.17, 15) is 4.79 Å².